The van der Waals surface area contributed by atoms with E-state index in [2.05, 4.69) is 0 Å². The standard InChI is InChI=1S/C14H8O8.Ti/c15-11(16)7-5-3-1-2-4-6(5)8(12(17)18)10(14(21)22)9(7)13(19)20;/h1-4H,(H,15,16)(H,17,18)(H,19,20)(H,21,22);. The zero-order chi connectivity index (χ0) is 16.6. The molecule has 0 saturated heterocycles. The van der Waals surface area contributed by atoms with Gasteiger partial charge in [-0.1, -0.05) is 24.3 Å². The first-order chi connectivity index (χ1) is 10.3. The summed E-state index contributed by atoms with van der Waals surface area (Å²) in [6.07, 6.45) is 0. The number of aromatic carboxylic acids is 4. The summed E-state index contributed by atoms with van der Waals surface area (Å²) >= 11 is 0. The Balaban J connectivity index is 0.00000264. The average Bonchev–Trinajstić information content (AvgIpc) is 2.43. The van der Waals surface area contributed by atoms with Gasteiger partial charge in [-0.25, -0.2) is 19.2 Å². The van der Waals surface area contributed by atoms with Gasteiger partial charge in [0.15, 0.2) is 0 Å². The van der Waals surface area contributed by atoms with Crippen molar-refractivity contribution in [3.05, 3.63) is 46.5 Å². The van der Waals surface area contributed by atoms with Crippen LogP contribution < -0.4 is 0 Å². The number of carbonyl (C=O) groups is 4. The predicted molar refractivity (Wildman–Crippen MR) is 71.8 cm³/mol. The number of rotatable bonds is 4. The third-order valence-corrected chi connectivity index (χ3v) is 3.07. The topological polar surface area (TPSA) is 149 Å². The molecule has 23 heavy (non-hydrogen) atoms. The summed E-state index contributed by atoms with van der Waals surface area (Å²) in [4.78, 5) is 45.5. The zero-order valence-corrected chi connectivity index (χ0v) is 12.8. The van der Waals surface area contributed by atoms with Crippen LogP contribution in [0.2, 0.25) is 0 Å². The van der Waals surface area contributed by atoms with Gasteiger partial charge < -0.3 is 20.4 Å². The maximum Gasteiger partial charge on any atom is 0.337 e. The summed E-state index contributed by atoms with van der Waals surface area (Å²) in [7, 11) is 0. The van der Waals surface area contributed by atoms with Crippen LogP contribution in [0.4, 0.5) is 0 Å². The van der Waals surface area contributed by atoms with Crippen LogP contribution in [0.15, 0.2) is 24.3 Å². The number of benzene rings is 2. The van der Waals surface area contributed by atoms with Gasteiger partial charge in [0, 0.05) is 21.7 Å². The Morgan fingerprint density at radius 3 is 1.04 bits per heavy atom. The molecule has 0 atom stereocenters. The van der Waals surface area contributed by atoms with Gasteiger partial charge in [0.05, 0.1) is 22.3 Å². The largest absolute Gasteiger partial charge is 0.478 e. The van der Waals surface area contributed by atoms with Crippen LogP contribution in [-0.4, -0.2) is 44.3 Å². The summed E-state index contributed by atoms with van der Waals surface area (Å²) in [6.45, 7) is 0. The van der Waals surface area contributed by atoms with Gasteiger partial charge in [0.25, 0.3) is 0 Å². The van der Waals surface area contributed by atoms with Gasteiger partial charge in [-0.3, -0.25) is 0 Å². The van der Waals surface area contributed by atoms with Crippen LogP contribution in [0, 0.1) is 0 Å². The number of hydrogen-bond donors (Lipinski definition) is 4. The first kappa shape index (κ1) is 18.3. The Hall–Kier alpha value is -2.71. The maximum atomic E-state index is 11.4. The SMILES string of the molecule is O=C(O)c1c(C(=O)O)c(C(=O)O)c2ccccc2c1C(=O)O.[Ti]. The van der Waals surface area contributed by atoms with Crippen molar-refractivity contribution in [2.75, 3.05) is 0 Å². The fraction of sp³-hybridized carbons (Fsp3) is 0. The van der Waals surface area contributed by atoms with E-state index in [1.165, 1.54) is 24.3 Å². The number of carboxylic acid groups (broad SMARTS) is 4. The molecule has 0 heterocycles. The molecule has 0 amide bonds. The summed E-state index contributed by atoms with van der Waals surface area (Å²) in [5, 5.41) is 36.6. The Labute approximate surface area is 142 Å². The Bertz CT molecular complexity index is 785. The van der Waals surface area contributed by atoms with Crippen molar-refractivity contribution in [3.8, 4) is 0 Å². The summed E-state index contributed by atoms with van der Waals surface area (Å²) < 4.78 is 0. The molecule has 0 bridgehead atoms. The molecular weight excluding hydrogens is 344 g/mol. The molecule has 9 heteroatoms. The van der Waals surface area contributed by atoms with Crippen molar-refractivity contribution in [1.29, 1.82) is 0 Å². The summed E-state index contributed by atoms with van der Waals surface area (Å²) in [5.74, 6) is -6.98. The summed E-state index contributed by atoms with van der Waals surface area (Å²) in [5.41, 5.74) is -3.64. The molecule has 2 rings (SSSR count). The minimum absolute atomic E-state index is 0. The van der Waals surface area contributed by atoms with Crippen LogP contribution >= 0.6 is 0 Å². The zero-order valence-electron chi connectivity index (χ0n) is 11.2. The van der Waals surface area contributed by atoms with Crippen molar-refractivity contribution in [2.45, 2.75) is 0 Å². The maximum absolute atomic E-state index is 11.4. The molecule has 0 aromatic heterocycles. The smallest absolute Gasteiger partial charge is 0.337 e. The third-order valence-electron chi connectivity index (χ3n) is 3.07. The number of hydrogen-bond acceptors (Lipinski definition) is 4. The Kier molecular flexibility index (Phi) is 5.26. The van der Waals surface area contributed by atoms with Gasteiger partial charge in [-0.05, 0) is 10.8 Å². The second-order valence-corrected chi connectivity index (χ2v) is 4.27. The molecule has 0 unspecified atom stereocenters. The molecule has 0 aliphatic rings. The first-order valence-electron chi connectivity index (χ1n) is 5.79. The van der Waals surface area contributed by atoms with Crippen molar-refractivity contribution >= 4 is 34.6 Å². The molecule has 0 saturated carbocycles. The third kappa shape index (κ3) is 2.94. The molecule has 2 aromatic rings. The van der Waals surface area contributed by atoms with Crippen molar-refractivity contribution in [3.63, 3.8) is 0 Å². The van der Waals surface area contributed by atoms with E-state index in [4.69, 9.17) is 0 Å². The molecule has 116 valence electrons. The predicted octanol–water partition coefficient (Wildman–Crippen LogP) is 1.63. The molecule has 4 N–H and O–H groups in total. The van der Waals surface area contributed by atoms with Crippen molar-refractivity contribution in [2.24, 2.45) is 0 Å². The molecule has 0 fully saturated rings. The van der Waals surface area contributed by atoms with Crippen LogP contribution in [0.3, 0.4) is 0 Å². The van der Waals surface area contributed by atoms with Gasteiger partial charge >= 0.3 is 23.9 Å². The van der Waals surface area contributed by atoms with Crippen molar-refractivity contribution in [1.82, 2.24) is 0 Å². The van der Waals surface area contributed by atoms with E-state index in [1.807, 2.05) is 0 Å². The Morgan fingerprint density at radius 1 is 0.565 bits per heavy atom. The van der Waals surface area contributed by atoms with E-state index < -0.39 is 46.1 Å². The average molecular weight is 352 g/mol. The van der Waals surface area contributed by atoms with Crippen LogP contribution in [-0.2, 0) is 21.7 Å². The molecule has 0 aliphatic carbocycles. The Morgan fingerprint density at radius 2 is 0.826 bits per heavy atom. The van der Waals surface area contributed by atoms with E-state index >= 15 is 0 Å². The minimum Gasteiger partial charge on any atom is -0.478 e. The summed E-state index contributed by atoms with van der Waals surface area (Å²) in [6, 6.07) is 5.24. The van der Waals surface area contributed by atoms with E-state index in [0.717, 1.165) is 0 Å². The molecule has 0 aliphatic heterocycles. The fourth-order valence-electron chi connectivity index (χ4n) is 2.31. The number of carboxylic acids is 4. The van der Waals surface area contributed by atoms with E-state index in [1.54, 1.807) is 0 Å². The van der Waals surface area contributed by atoms with Crippen molar-refractivity contribution < 1.29 is 61.3 Å². The molecular formula is C14H8O8Ti. The second kappa shape index (κ2) is 6.59. The molecule has 0 spiro atoms. The monoisotopic (exact) mass is 352 g/mol. The van der Waals surface area contributed by atoms with Crippen LogP contribution in [0.1, 0.15) is 41.4 Å². The van der Waals surface area contributed by atoms with Crippen LogP contribution in [0.25, 0.3) is 10.8 Å². The minimum atomic E-state index is -1.83. The van der Waals surface area contributed by atoms with Gasteiger partial charge in [-0.2, -0.15) is 0 Å². The second-order valence-electron chi connectivity index (χ2n) is 4.27. The van der Waals surface area contributed by atoms with E-state index in [9.17, 15) is 39.6 Å². The first-order valence-corrected chi connectivity index (χ1v) is 5.79. The van der Waals surface area contributed by atoms with E-state index in [-0.39, 0.29) is 32.5 Å². The van der Waals surface area contributed by atoms with Gasteiger partial charge in [0.2, 0.25) is 0 Å². The molecule has 8 nitrogen and oxygen atoms in total. The van der Waals surface area contributed by atoms with E-state index in [0.29, 0.717) is 0 Å². The molecule has 2 aromatic carbocycles. The number of fused-ring (bicyclic) bond motifs is 1. The molecule has 0 radical (unpaired) electrons. The van der Waals surface area contributed by atoms with Crippen LogP contribution in [0.5, 0.6) is 0 Å². The quantitative estimate of drug-likeness (QED) is 0.607. The fourth-order valence-corrected chi connectivity index (χ4v) is 2.31. The van der Waals surface area contributed by atoms with Gasteiger partial charge in [0.1, 0.15) is 0 Å². The van der Waals surface area contributed by atoms with Gasteiger partial charge in [-0.15, -0.1) is 0 Å². The normalized spacial score (nSPS) is 9.91.